The van der Waals surface area contributed by atoms with Crippen molar-refractivity contribution in [2.45, 2.75) is 38.8 Å². The van der Waals surface area contributed by atoms with Gasteiger partial charge in [0.25, 0.3) is 5.69 Å². The van der Waals surface area contributed by atoms with Crippen molar-refractivity contribution < 1.29 is 19.6 Å². The Morgan fingerprint density at radius 1 is 1.38 bits per heavy atom. The summed E-state index contributed by atoms with van der Waals surface area (Å²) in [5, 5.41) is 23.2. The summed E-state index contributed by atoms with van der Waals surface area (Å²) in [5.41, 5.74) is -0.508. The molecule has 0 saturated carbocycles. The Bertz CT molecular complexity index is 526. The van der Waals surface area contributed by atoms with Gasteiger partial charge in [-0.05, 0) is 24.5 Å². The first kappa shape index (κ1) is 16.9. The van der Waals surface area contributed by atoms with Gasteiger partial charge in [-0.3, -0.25) is 20.2 Å². The van der Waals surface area contributed by atoms with Gasteiger partial charge in [-0.25, -0.2) is 0 Å². The molecule has 7 heteroatoms. The quantitative estimate of drug-likeness (QED) is 0.564. The molecule has 116 valence electrons. The molecular formula is C14H20N2O5. The lowest BCUT2D eigenvalue weighted by atomic mass is 9.92. The number of methoxy groups -OCH3 is 1. The molecule has 0 amide bonds. The Balaban J connectivity index is 2.99. The van der Waals surface area contributed by atoms with E-state index in [1.165, 1.54) is 19.2 Å². The monoisotopic (exact) mass is 296 g/mol. The van der Waals surface area contributed by atoms with Crippen molar-refractivity contribution in [1.29, 1.82) is 0 Å². The second-order valence-corrected chi connectivity index (χ2v) is 4.74. The Morgan fingerprint density at radius 3 is 2.43 bits per heavy atom. The van der Waals surface area contributed by atoms with Crippen molar-refractivity contribution in [2.24, 2.45) is 0 Å². The molecule has 0 fully saturated rings. The van der Waals surface area contributed by atoms with Crippen LogP contribution in [-0.4, -0.2) is 28.6 Å². The number of carbonyl (C=O) groups is 1. The molecule has 1 rings (SSSR count). The van der Waals surface area contributed by atoms with Crippen molar-refractivity contribution >= 4 is 11.7 Å². The minimum Gasteiger partial charge on any atom is -0.496 e. The average molecular weight is 296 g/mol. The van der Waals surface area contributed by atoms with Gasteiger partial charge in [0.1, 0.15) is 11.3 Å². The third kappa shape index (κ3) is 3.91. The number of ether oxygens (including phenoxy) is 1. The van der Waals surface area contributed by atoms with E-state index in [1.807, 2.05) is 0 Å². The van der Waals surface area contributed by atoms with E-state index in [9.17, 15) is 20.0 Å². The summed E-state index contributed by atoms with van der Waals surface area (Å²) in [5.74, 6) is -0.556. The largest absolute Gasteiger partial charge is 0.496 e. The minimum absolute atomic E-state index is 0.0833. The highest BCUT2D eigenvalue weighted by Crippen LogP contribution is 2.24. The molecule has 1 aromatic rings. The molecule has 0 aliphatic rings. The van der Waals surface area contributed by atoms with Crippen molar-refractivity contribution in [3.63, 3.8) is 0 Å². The molecule has 0 spiro atoms. The number of aliphatic carboxylic acids is 1. The molecule has 0 unspecified atom stereocenters. The molecule has 1 aromatic carbocycles. The normalized spacial score (nSPS) is 11.2. The zero-order valence-corrected chi connectivity index (χ0v) is 12.4. The van der Waals surface area contributed by atoms with E-state index in [1.54, 1.807) is 19.9 Å². The predicted molar refractivity (Wildman–Crippen MR) is 77.4 cm³/mol. The van der Waals surface area contributed by atoms with Crippen LogP contribution >= 0.6 is 0 Å². The molecule has 0 atom stereocenters. The van der Waals surface area contributed by atoms with Crippen molar-refractivity contribution in [3.05, 3.63) is 33.9 Å². The lowest BCUT2D eigenvalue weighted by molar-refractivity contribution is -0.385. The van der Waals surface area contributed by atoms with E-state index in [-0.39, 0.29) is 12.2 Å². The van der Waals surface area contributed by atoms with Gasteiger partial charge >= 0.3 is 5.97 Å². The Kier molecular flexibility index (Phi) is 5.66. The summed E-state index contributed by atoms with van der Waals surface area (Å²) in [7, 11) is 1.43. The molecule has 7 nitrogen and oxygen atoms in total. The summed E-state index contributed by atoms with van der Waals surface area (Å²) < 4.78 is 5.03. The second kappa shape index (κ2) is 7.03. The molecule has 0 aromatic heterocycles. The Morgan fingerprint density at radius 2 is 2.00 bits per heavy atom. The summed E-state index contributed by atoms with van der Waals surface area (Å²) >= 11 is 0. The molecule has 0 radical (unpaired) electrons. The molecule has 2 N–H and O–H groups in total. The first-order valence-corrected chi connectivity index (χ1v) is 6.69. The number of nitrogens with zero attached hydrogens (tertiary/aromatic N) is 1. The van der Waals surface area contributed by atoms with Crippen LogP contribution in [-0.2, 0) is 11.3 Å². The topological polar surface area (TPSA) is 102 Å². The number of nitro benzene ring substituents is 1. The van der Waals surface area contributed by atoms with E-state index in [2.05, 4.69) is 5.32 Å². The molecule has 21 heavy (non-hydrogen) atoms. The average Bonchev–Trinajstić information content (AvgIpc) is 2.48. The van der Waals surface area contributed by atoms with Gasteiger partial charge in [-0.2, -0.15) is 0 Å². The van der Waals surface area contributed by atoms with Crippen LogP contribution in [0.25, 0.3) is 0 Å². The molecule has 0 aliphatic heterocycles. The van der Waals surface area contributed by atoms with E-state index in [0.29, 0.717) is 24.2 Å². The number of rotatable bonds is 8. The summed E-state index contributed by atoms with van der Waals surface area (Å²) in [4.78, 5) is 21.8. The van der Waals surface area contributed by atoms with Gasteiger partial charge in [-0.1, -0.05) is 13.8 Å². The van der Waals surface area contributed by atoms with Crippen LogP contribution in [0.2, 0.25) is 0 Å². The Hall–Kier alpha value is -2.15. The van der Waals surface area contributed by atoms with Crippen LogP contribution in [0.5, 0.6) is 5.75 Å². The van der Waals surface area contributed by atoms with Crippen molar-refractivity contribution in [3.8, 4) is 5.75 Å². The van der Waals surface area contributed by atoms with Crippen LogP contribution in [0.1, 0.15) is 32.3 Å². The third-order valence-corrected chi connectivity index (χ3v) is 3.64. The van der Waals surface area contributed by atoms with E-state index in [4.69, 9.17) is 4.74 Å². The first-order chi connectivity index (χ1) is 9.88. The zero-order valence-electron chi connectivity index (χ0n) is 12.4. The molecule has 0 heterocycles. The lowest BCUT2D eigenvalue weighted by Gasteiger charge is -2.28. The first-order valence-electron chi connectivity index (χ1n) is 6.69. The van der Waals surface area contributed by atoms with Crippen molar-refractivity contribution in [2.75, 3.05) is 7.11 Å². The number of carboxylic acids is 1. The number of nitrogens with one attached hydrogen (secondary N) is 1. The number of nitro groups is 1. The number of benzene rings is 1. The SMILES string of the molecule is CCC(CC)(NCc1cc(OC)cc([N+](=O)[O-])c1)C(=O)O. The van der Waals surface area contributed by atoms with Crippen LogP contribution < -0.4 is 10.1 Å². The third-order valence-electron chi connectivity index (χ3n) is 3.64. The van der Waals surface area contributed by atoms with Crippen molar-refractivity contribution in [1.82, 2.24) is 5.32 Å². The predicted octanol–water partition coefficient (Wildman–Crippen LogP) is 2.34. The number of non-ortho nitro benzene ring substituents is 1. The summed E-state index contributed by atoms with van der Waals surface area (Å²) in [6.45, 7) is 3.79. The van der Waals surface area contributed by atoms with Crippen LogP contribution in [0.15, 0.2) is 18.2 Å². The maximum absolute atomic E-state index is 11.4. The fourth-order valence-corrected chi connectivity index (χ4v) is 2.12. The maximum atomic E-state index is 11.4. The van der Waals surface area contributed by atoms with Gasteiger partial charge in [-0.15, -0.1) is 0 Å². The van der Waals surface area contributed by atoms with Crippen LogP contribution in [0, 0.1) is 10.1 Å². The van der Waals surface area contributed by atoms with E-state index >= 15 is 0 Å². The smallest absolute Gasteiger partial charge is 0.323 e. The number of hydrogen-bond donors (Lipinski definition) is 2. The van der Waals surface area contributed by atoms with E-state index < -0.39 is 16.4 Å². The maximum Gasteiger partial charge on any atom is 0.323 e. The minimum atomic E-state index is -1.03. The summed E-state index contributed by atoms with van der Waals surface area (Å²) in [6.07, 6.45) is 0.843. The van der Waals surface area contributed by atoms with E-state index in [0.717, 1.165) is 0 Å². The number of hydrogen-bond acceptors (Lipinski definition) is 5. The highest BCUT2D eigenvalue weighted by atomic mass is 16.6. The van der Waals surface area contributed by atoms with Crippen LogP contribution in [0.3, 0.4) is 0 Å². The highest BCUT2D eigenvalue weighted by Gasteiger charge is 2.34. The summed E-state index contributed by atoms with van der Waals surface area (Å²) in [6, 6.07) is 4.39. The fraction of sp³-hybridized carbons (Fsp3) is 0.500. The molecule has 0 saturated heterocycles. The zero-order chi connectivity index (χ0) is 16.0. The lowest BCUT2D eigenvalue weighted by Crippen LogP contribution is -2.50. The standard InChI is InChI=1S/C14H20N2O5/c1-4-14(5-2,13(17)18)15-9-10-6-11(16(19)20)8-12(7-10)21-3/h6-8,15H,4-5,9H2,1-3H3,(H,17,18). The van der Waals surface area contributed by atoms with Crippen LogP contribution in [0.4, 0.5) is 5.69 Å². The number of carboxylic acid groups (broad SMARTS) is 1. The van der Waals surface area contributed by atoms with Gasteiger partial charge in [0.15, 0.2) is 0 Å². The highest BCUT2D eigenvalue weighted by molar-refractivity contribution is 5.78. The molecule has 0 aliphatic carbocycles. The Labute approximate surface area is 123 Å². The fourth-order valence-electron chi connectivity index (χ4n) is 2.12. The molecular weight excluding hydrogens is 276 g/mol. The van der Waals surface area contributed by atoms with Gasteiger partial charge in [0.2, 0.25) is 0 Å². The molecule has 0 bridgehead atoms. The van der Waals surface area contributed by atoms with Gasteiger partial charge < -0.3 is 9.84 Å². The second-order valence-electron chi connectivity index (χ2n) is 4.74. The van der Waals surface area contributed by atoms with Gasteiger partial charge in [0.05, 0.1) is 18.1 Å². The van der Waals surface area contributed by atoms with Gasteiger partial charge in [0, 0.05) is 12.6 Å².